The van der Waals surface area contributed by atoms with E-state index in [4.69, 9.17) is 5.84 Å². The zero-order chi connectivity index (χ0) is 12.3. The van der Waals surface area contributed by atoms with Crippen LogP contribution in [0.25, 0.3) is 0 Å². The molecule has 0 saturated heterocycles. The molecular formula is C13H19N3O. The molecule has 92 valence electrons. The summed E-state index contributed by atoms with van der Waals surface area (Å²) in [6.45, 7) is 2.95. The molecule has 17 heavy (non-hydrogen) atoms. The van der Waals surface area contributed by atoms with Crippen LogP contribution in [0, 0.1) is 0 Å². The van der Waals surface area contributed by atoms with Gasteiger partial charge >= 0.3 is 0 Å². The first-order chi connectivity index (χ1) is 8.26. The summed E-state index contributed by atoms with van der Waals surface area (Å²) < 4.78 is 0. The van der Waals surface area contributed by atoms with E-state index in [1.165, 1.54) is 0 Å². The summed E-state index contributed by atoms with van der Waals surface area (Å²) >= 11 is 0. The number of nitrogens with zero attached hydrogens (tertiary/aromatic N) is 1. The highest BCUT2D eigenvalue weighted by molar-refractivity contribution is 5.95. The first kappa shape index (κ1) is 11.9. The molecular weight excluding hydrogens is 214 g/mol. The summed E-state index contributed by atoms with van der Waals surface area (Å²) in [6, 6.07) is 7.76. The molecule has 0 spiro atoms. The summed E-state index contributed by atoms with van der Waals surface area (Å²) in [6.07, 6.45) is 3.30. The van der Waals surface area contributed by atoms with Gasteiger partial charge < -0.3 is 10.3 Å². The van der Waals surface area contributed by atoms with Gasteiger partial charge in [-0.15, -0.1) is 0 Å². The molecule has 1 aromatic carbocycles. The Kier molecular flexibility index (Phi) is 3.64. The Hall–Kier alpha value is -1.55. The fraction of sp³-hybridized carbons (Fsp3) is 0.462. The maximum Gasteiger partial charge on any atom is 0.254 e. The highest BCUT2D eigenvalue weighted by Crippen LogP contribution is 2.28. The molecule has 0 unspecified atom stereocenters. The summed E-state index contributed by atoms with van der Waals surface area (Å²) in [4.78, 5) is 14.3. The SMILES string of the molecule is CCCN(C(=O)c1ccc(NN)cc1)C1CC1. The van der Waals surface area contributed by atoms with Crippen molar-refractivity contribution in [2.75, 3.05) is 12.0 Å². The molecule has 0 aromatic heterocycles. The number of anilines is 1. The number of nitrogen functional groups attached to an aromatic ring is 1. The van der Waals surface area contributed by atoms with Crippen molar-refractivity contribution < 1.29 is 4.79 Å². The van der Waals surface area contributed by atoms with Crippen LogP contribution >= 0.6 is 0 Å². The van der Waals surface area contributed by atoms with Gasteiger partial charge in [0.1, 0.15) is 0 Å². The minimum Gasteiger partial charge on any atom is -0.336 e. The number of hydrogen-bond acceptors (Lipinski definition) is 3. The number of benzene rings is 1. The van der Waals surface area contributed by atoms with Gasteiger partial charge in [-0.3, -0.25) is 10.6 Å². The van der Waals surface area contributed by atoms with Crippen LogP contribution in [0.2, 0.25) is 0 Å². The Morgan fingerprint density at radius 1 is 1.41 bits per heavy atom. The number of carbonyl (C=O) groups is 1. The molecule has 1 aliphatic rings. The Morgan fingerprint density at radius 2 is 2.06 bits per heavy atom. The molecule has 0 heterocycles. The summed E-state index contributed by atoms with van der Waals surface area (Å²) in [5.41, 5.74) is 4.11. The van der Waals surface area contributed by atoms with Crippen LogP contribution < -0.4 is 11.3 Å². The maximum absolute atomic E-state index is 12.3. The van der Waals surface area contributed by atoms with E-state index in [1.807, 2.05) is 29.2 Å². The number of hydrogen-bond donors (Lipinski definition) is 2. The third-order valence-electron chi connectivity index (χ3n) is 3.01. The Labute approximate surface area is 102 Å². The molecule has 4 nitrogen and oxygen atoms in total. The fourth-order valence-electron chi connectivity index (χ4n) is 1.95. The van der Waals surface area contributed by atoms with E-state index in [-0.39, 0.29) is 5.91 Å². The number of hydrazine groups is 1. The van der Waals surface area contributed by atoms with E-state index < -0.39 is 0 Å². The summed E-state index contributed by atoms with van der Waals surface area (Å²) in [5, 5.41) is 0. The van der Waals surface area contributed by atoms with Gasteiger partial charge in [-0.2, -0.15) is 0 Å². The highest BCUT2D eigenvalue weighted by atomic mass is 16.2. The van der Waals surface area contributed by atoms with Gasteiger partial charge in [-0.05, 0) is 43.5 Å². The van der Waals surface area contributed by atoms with E-state index in [0.29, 0.717) is 6.04 Å². The lowest BCUT2D eigenvalue weighted by atomic mass is 10.1. The van der Waals surface area contributed by atoms with Crippen LogP contribution in [0.15, 0.2) is 24.3 Å². The van der Waals surface area contributed by atoms with Crippen molar-refractivity contribution in [3.8, 4) is 0 Å². The topological polar surface area (TPSA) is 58.4 Å². The molecule has 0 aliphatic heterocycles. The molecule has 4 heteroatoms. The van der Waals surface area contributed by atoms with Gasteiger partial charge in [-0.1, -0.05) is 6.92 Å². The average molecular weight is 233 g/mol. The Balaban J connectivity index is 2.10. The third-order valence-corrected chi connectivity index (χ3v) is 3.01. The molecule has 3 N–H and O–H groups in total. The van der Waals surface area contributed by atoms with Crippen molar-refractivity contribution in [3.63, 3.8) is 0 Å². The smallest absolute Gasteiger partial charge is 0.254 e. The average Bonchev–Trinajstić information content (AvgIpc) is 3.19. The van der Waals surface area contributed by atoms with Crippen LogP contribution in [0.5, 0.6) is 0 Å². The molecule has 0 atom stereocenters. The van der Waals surface area contributed by atoms with E-state index in [1.54, 1.807) is 0 Å². The quantitative estimate of drug-likeness (QED) is 0.604. The van der Waals surface area contributed by atoms with Crippen molar-refractivity contribution in [2.45, 2.75) is 32.2 Å². The predicted octanol–water partition coefficient (Wildman–Crippen LogP) is 1.99. The fourth-order valence-corrected chi connectivity index (χ4v) is 1.95. The van der Waals surface area contributed by atoms with E-state index in [9.17, 15) is 4.79 Å². The second-order valence-electron chi connectivity index (χ2n) is 4.45. The number of rotatable bonds is 5. The first-order valence-corrected chi connectivity index (χ1v) is 6.14. The first-order valence-electron chi connectivity index (χ1n) is 6.14. The van der Waals surface area contributed by atoms with E-state index in [0.717, 1.165) is 37.1 Å². The van der Waals surface area contributed by atoms with Crippen LogP contribution in [0.1, 0.15) is 36.5 Å². The van der Waals surface area contributed by atoms with Crippen LogP contribution in [-0.2, 0) is 0 Å². The van der Waals surface area contributed by atoms with Crippen LogP contribution in [-0.4, -0.2) is 23.4 Å². The number of carbonyl (C=O) groups excluding carboxylic acids is 1. The van der Waals surface area contributed by atoms with Gasteiger partial charge in [-0.25, -0.2) is 0 Å². The van der Waals surface area contributed by atoms with E-state index >= 15 is 0 Å². The predicted molar refractivity (Wildman–Crippen MR) is 68.6 cm³/mol. The maximum atomic E-state index is 12.3. The lowest BCUT2D eigenvalue weighted by molar-refractivity contribution is 0.0743. The van der Waals surface area contributed by atoms with Crippen molar-refractivity contribution in [3.05, 3.63) is 29.8 Å². The van der Waals surface area contributed by atoms with Crippen molar-refractivity contribution in [1.29, 1.82) is 0 Å². The normalized spacial score (nSPS) is 14.5. The summed E-state index contributed by atoms with van der Waals surface area (Å²) in [7, 11) is 0. The van der Waals surface area contributed by atoms with Crippen molar-refractivity contribution >= 4 is 11.6 Å². The second-order valence-corrected chi connectivity index (χ2v) is 4.45. The van der Waals surface area contributed by atoms with Crippen LogP contribution in [0.3, 0.4) is 0 Å². The second kappa shape index (κ2) is 5.19. The van der Waals surface area contributed by atoms with Gasteiger partial charge in [0.05, 0.1) is 0 Å². The monoisotopic (exact) mass is 233 g/mol. The molecule has 1 amide bonds. The molecule has 1 aliphatic carbocycles. The van der Waals surface area contributed by atoms with Gasteiger partial charge in [0.25, 0.3) is 5.91 Å². The van der Waals surface area contributed by atoms with Gasteiger partial charge in [0.2, 0.25) is 0 Å². The van der Waals surface area contributed by atoms with Gasteiger partial charge in [0, 0.05) is 23.8 Å². The molecule has 1 saturated carbocycles. The number of amides is 1. The van der Waals surface area contributed by atoms with Crippen molar-refractivity contribution in [2.24, 2.45) is 5.84 Å². The molecule has 0 bridgehead atoms. The zero-order valence-corrected chi connectivity index (χ0v) is 10.1. The molecule has 2 rings (SSSR count). The third kappa shape index (κ3) is 2.77. The standard InChI is InChI=1S/C13H19N3O/c1-2-9-16(12-7-8-12)13(17)10-3-5-11(15-14)6-4-10/h3-6,12,15H,2,7-9,14H2,1H3. The minimum absolute atomic E-state index is 0.137. The minimum atomic E-state index is 0.137. The Bertz CT molecular complexity index is 384. The molecule has 1 aromatic rings. The lowest BCUT2D eigenvalue weighted by Gasteiger charge is -2.21. The van der Waals surface area contributed by atoms with Crippen molar-refractivity contribution in [1.82, 2.24) is 4.90 Å². The van der Waals surface area contributed by atoms with Crippen LogP contribution in [0.4, 0.5) is 5.69 Å². The largest absolute Gasteiger partial charge is 0.336 e. The zero-order valence-electron chi connectivity index (χ0n) is 10.1. The van der Waals surface area contributed by atoms with Gasteiger partial charge in [0.15, 0.2) is 0 Å². The molecule has 0 radical (unpaired) electrons. The molecule has 1 fully saturated rings. The number of nitrogens with one attached hydrogen (secondary N) is 1. The number of nitrogens with two attached hydrogens (primary N) is 1. The van der Waals surface area contributed by atoms with E-state index in [2.05, 4.69) is 12.3 Å². The summed E-state index contributed by atoms with van der Waals surface area (Å²) in [5.74, 6) is 5.43. The Morgan fingerprint density at radius 3 is 2.53 bits per heavy atom. The highest BCUT2D eigenvalue weighted by Gasteiger charge is 2.32. The lowest BCUT2D eigenvalue weighted by Crippen LogP contribution is -2.33.